The Hall–Kier alpha value is -1.49. The normalized spacial score (nSPS) is 18.4. The molecule has 0 aromatic heterocycles. The van der Waals surface area contributed by atoms with Crippen molar-refractivity contribution >= 4 is 5.71 Å². The van der Waals surface area contributed by atoms with Crippen LogP contribution in [-0.2, 0) is 0 Å². The first-order valence-corrected chi connectivity index (χ1v) is 5.61. The lowest BCUT2D eigenvalue weighted by molar-refractivity contribution is 0.311. The van der Waals surface area contributed by atoms with Gasteiger partial charge in [-0.1, -0.05) is 11.2 Å². The van der Waals surface area contributed by atoms with E-state index in [0.29, 0.717) is 0 Å². The topological polar surface area (TPSA) is 44.6 Å². The zero-order chi connectivity index (χ0) is 12.3. The summed E-state index contributed by atoms with van der Waals surface area (Å²) in [6.45, 7) is 1.58. The second-order valence-electron chi connectivity index (χ2n) is 4.11. The predicted molar refractivity (Wildman–Crippen MR) is 60.3 cm³/mol. The van der Waals surface area contributed by atoms with Gasteiger partial charge in [-0.05, 0) is 38.1 Å². The molecular formula is C12H14F2N2O. The number of hydrogen-bond donors (Lipinski definition) is 2. The van der Waals surface area contributed by atoms with Gasteiger partial charge < -0.3 is 10.5 Å². The molecule has 92 valence electrons. The SMILES string of the molecule is ON=C(c1cccc(F)c1F)C1CCNCC1. The molecule has 0 amide bonds. The van der Waals surface area contributed by atoms with Crippen LogP contribution in [0.2, 0.25) is 0 Å². The smallest absolute Gasteiger partial charge is 0.167 e. The van der Waals surface area contributed by atoms with Crippen LogP contribution in [0, 0.1) is 17.6 Å². The minimum Gasteiger partial charge on any atom is -0.411 e. The first-order chi connectivity index (χ1) is 8.24. The van der Waals surface area contributed by atoms with Gasteiger partial charge in [-0.15, -0.1) is 0 Å². The van der Waals surface area contributed by atoms with Crippen molar-refractivity contribution in [2.45, 2.75) is 12.8 Å². The molecule has 0 saturated carbocycles. The van der Waals surface area contributed by atoms with Crippen molar-refractivity contribution in [2.75, 3.05) is 13.1 Å². The average molecular weight is 240 g/mol. The van der Waals surface area contributed by atoms with Gasteiger partial charge in [0.05, 0.1) is 5.71 Å². The fourth-order valence-electron chi connectivity index (χ4n) is 2.15. The molecule has 1 fully saturated rings. The van der Waals surface area contributed by atoms with E-state index in [0.717, 1.165) is 32.0 Å². The van der Waals surface area contributed by atoms with Crippen LogP contribution in [0.5, 0.6) is 0 Å². The van der Waals surface area contributed by atoms with Crippen LogP contribution < -0.4 is 5.32 Å². The number of oxime groups is 1. The van der Waals surface area contributed by atoms with Gasteiger partial charge in [0.1, 0.15) is 0 Å². The van der Waals surface area contributed by atoms with Gasteiger partial charge >= 0.3 is 0 Å². The minimum absolute atomic E-state index is 0.0300. The van der Waals surface area contributed by atoms with Crippen molar-refractivity contribution in [1.29, 1.82) is 0 Å². The molecule has 0 radical (unpaired) electrons. The van der Waals surface area contributed by atoms with Gasteiger partial charge in [-0.3, -0.25) is 0 Å². The lowest BCUT2D eigenvalue weighted by Crippen LogP contribution is -2.32. The van der Waals surface area contributed by atoms with E-state index in [1.807, 2.05) is 0 Å². The Labute approximate surface area is 98.1 Å². The molecular weight excluding hydrogens is 226 g/mol. The molecule has 17 heavy (non-hydrogen) atoms. The highest BCUT2D eigenvalue weighted by Gasteiger charge is 2.24. The lowest BCUT2D eigenvalue weighted by Gasteiger charge is -2.23. The van der Waals surface area contributed by atoms with Gasteiger partial charge in [-0.2, -0.15) is 0 Å². The average Bonchev–Trinajstić information content (AvgIpc) is 2.37. The summed E-state index contributed by atoms with van der Waals surface area (Å²) in [6.07, 6.45) is 1.52. The molecule has 0 aliphatic carbocycles. The molecule has 0 atom stereocenters. The standard InChI is InChI=1S/C12H14F2N2O/c13-10-3-1-2-9(11(10)14)12(16-17)8-4-6-15-7-5-8/h1-3,8,15,17H,4-7H2. The minimum atomic E-state index is -0.946. The Balaban J connectivity index is 2.32. The molecule has 0 bridgehead atoms. The molecule has 2 N–H and O–H groups in total. The van der Waals surface area contributed by atoms with E-state index in [9.17, 15) is 8.78 Å². The fourth-order valence-corrected chi connectivity index (χ4v) is 2.15. The first-order valence-electron chi connectivity index (χ1n) is 5.61. The lowest BCUT2D eigenvalue weighted by atomic mass is 9.88. The van der Waals surface area contributed by atoms with Gasteiger partial charge in [0.15, 0.2) is 11.6 Å². The number of rotatable bonds is 2. The Morgan fingerprint density at radius 1 is 1.29 bits per heavy atom. The van der Waals surface area contributed by atoms with E-state index in [1.165, 1.54) is 12.1 Å². The van der Waals surface area contributed by atoms with Gasteiger partial charge in [-0.25, -0.2) is 8.78 Å². The van der Waals surface area contributed by atoms with E-state index < -0.39 is 11.6 Å². The highest BCUT2D eigenvalue weighted by molar-refractivity contribution is 6.02. The molecule has 1 aromatic rings. The van der Waals surface area contributed by atoms with E-state index >= 15 is 0 Å². The molecule has 3 nitrogen and oxygen atoms in total. The van der Waals surface area contributed by atoms with Crippen molar-refractivity contribution in [3.05, 3.63) is 35.4 Å². The number of halogens is 2. The maximum Gasteiger partial charge on any atom is 0.167 e. The Kier molecular flexibility index (Phi) is 3.68. The zero-order valence-electron chi connectivity index (χ0n) is 9.29. The molecule has 1 heterocycles. The van der Waals surface area contributed by atoms with E-state index in [4.69, 9.17) is 5.21 Å². The van der Waals surface area contributed by atoms with Crippen LogP contribution in [0.15, 0.2) is 23.4 Å². The van der Waals surface area contributed by atoms with Crippen molar-refractivity contribution in [1.82, 2.24) is 5.32 Å². The number of nitrogens with zero attached hydrogens (tertiary/aromatic N) is 1. The third-order valence-electron chi connectivity index (χ3n) is 3.06. The highest BCUT2D eigenvalue weighted by atomic mass is 19.2. The summed E-state index contributed by atoms with van der Waals surface area (Å²) in [5, 5.41) is 15.4. The molecule has 1 aliphatic rings. The zero-order valence-corrected chi connectivity index (χ0v) is 9.29. The highest BCUT2D eigenvalue weighted by Crippen LogP contribution is 2.22. The van der Waals surface area contributed by atoms with Crippen LogP contribution >= 0.6 is 0 Å². The maximum absolute atomic E-state index is 13.6. The Bertz CT molecular complexity index is 429. The largest absolute Gasteiger partial charge is 0.411 e. The van der Waals surface area contributed by atoms with Crippen LogP contribution in [0.1, 0.15) is 18.4 Å². The van der Waals surface area contributed by atoms with Crippen molar-refractivity contribution in [3.63, 3.8) is 0 Å². The molecule has 5 heteroatoms. The van der Waals surface area contributed by atoms with Crippen LogP contribution in [-0.4, -0.2) is 24.0 Å². The monoisotopic (exact) mass is 240 g/mol. The number of piperidine rings is 1. The second-order valence-corrected chi connectivity index (χ2v) is 4.11. The summed E-state index contributed by atoms with van der Waals surface area (Å²) in [5.41, 5.74) is 0.294. The van der Waals surface area contributed by atoms with Crippen molar-refractivity contribution < 1.29 is 14.0 Å². The molecule has 1 aliphatic heterocycles. The summed E-state index contributed by atoms with van der Waals surface area (Å²) in [7, 11) is 0. The quantitative estimate of drug-likeness (QED) is 0.472. The number of benzene rings is 1. The van der Waals surface area contributed by atoms with E-state index in [-0.39, 0.29) is 17.2 Å². The summed E-state index contributed by atoms with van der Waals surface area (Å²) >= 11 is 0. The predicted octanol–water partition coefficient (Wildman–Crippen LogP) is 2.14. The third kappa shape index (κ3) is 2.44. The first kappa shape index (κ1) is 12.0. The van der Waals surface area contributed by atoms with E-state index in [2.05, 4.69) is 10.5 Å². The summed E-state index contributed by atoms with van der Waals surface area (Å²) in [4.78, 5) is 0. The Morgan fingerprint density at radius 3 is 2.65 bits per heavy atom. The summed E-state index contributed by atoms with van der Waals surface area (Å²) in [5.74, 6) is -1.89. The van der Waals surface area contributed by atoms with Crippen molar-refractivity contribution in [2.24, 2.45) is 11.1 Å². The van der Waals surface area contributed by atoms with E-state index in [1.54, 1.807) is 0 Å². The van der Waals surface area contributed by atoms with Crippen LogP contribution in [0.25, 0.3) is 0 Å². The van der Waals surface area contributed by atoms with Gasteiger partial charge in [0, 0.05) is 11.5 Å². The fraction of sp³-hybridized carbons (Fsp3) is 0.417. The summed E-state index contributed by atoms with van der Waals surface area (Å²) < 4.78 is 26.7. The molecule has 0 spiro atoms. The molecule has 1 saturated heterocycles. The van der Waals surface area contributed by atoms with Crippen LogP contribution in [0.4, 0.5) is 8.78 Å². The summed E-state index contributed by atoms with van der Waals surface area (Å²) in [6, 6.07) is 3.91. The van der Waals surface area contributed by atoms with Gasteiger partial charge in [0.25, 0.3) is 0 Å². The van der Waals surface area contributed by atoms with Crippen molar-refractivity contribution in [3.8, 4) is 0 Å². The van der Waals surface area contributed by atoms with Crippen LogP contribution in [0.3, 0.4) is 0 Å². The Morgan fingerprint density at radius 2 is 2.00 bits per heavy atom. The number of nitrogens with one attached hydrogen (secondary N) is 1. The molecule has 0 unspecified atom stereocenters. The maximum atomic E-state index is 13.6. The second kappa shape index (κ2) is 5.23. The van der Waals surface area contributed by atoms with Gasteiger partial charge in [0.2, 0.25) is 0 Å². The molecule has 1 aromatic carbocycles. The molecule has 2 rings (SSSR count). The number of hydrogen-bond acceptors (Lipinski definition) is 3. The third-order valence-corrected chi connectivity index (χ3v) is 3.06.